The molecule has 0 N–H and O–H groups in total. The van der Waals surface area contributed by atoms with Crippen molar-refractivity contribution in [1.29, 1.82) is 0 Å². The molecule has 1 heterocycles. The largest absolute Gasteiger partial charge is 0.494 e. The van der Waals surface area contributed by atoms with E-state index >= 15 is 0 Å². The normalized spacial score (nSPS) is 11.8. The molecule has 160 valence electrons. The van der Waals surface area contributed by atoms with Gasteiger partial charge in [0.2, 0.25) is 0 Å². The Balaban J connectivity index is 1.67. The molecular formula is C26H27ClN2OS. The minimum atomic E-state index is 0.157. The number of thioether (sulfide) groups is 1. The fraction of sp³-hybridized carbons (Fsp3) is 0.269. The number of rotatable bonds is 6. The van der Waals surface area contributed by atoms with Gasteiger partial charge in [0.15, 0.2) is 5.16 Å². The molecule has 0 fully saturated rings. The summed E-state index contributed by atoms with van der Waals surface area (Å²) in [6.07, 6.45) is 0. The quantitative estimate of drug-likeness (QED) is 0.282. The van der Waals surface area contributed by atoms with Gasteiger partial charge in [0.1, 0.15) is 5.75 Å². The lowest BCUT2D eigenvalue weighted by Gasteiger charge is -2.19. The van der Waals surface area contributed by atoms with E-state index in [9.17, 15) is 0 Å². The highest BCUT2D eigenvalue weighted by Crippen LogP contribution is 2.34. The maximum atomic E-state index is 6.59. The number of aromatic nitrogens is 2. The molecule has 0 atom stereocenters. The summed E-state index contributed by atoms with van der Waals surface area (Å²) in [5.74, 6) is 1.69. The van der Waals surface area contributed by atoms with E-state index in [4.69, 9.17) is 21.3 Å². The average molecular weight is 451 g/mol. The second kappa shape index (κ2) is 8.97. The molecule has 1 aromatic heterocycles. The van der Waals surface area contributed by atoms with Gasteiger partial charge in [-0.1, -0.05) is 74.5 Å². The number of imidazole rings is 1. The Morgan fingerprint density at radius 1 is 0.968 bits per heavy atom. The molecule has 0 aliphatic rings. The Bertz CT molecular complexity index is 1180. The SMILES string of the molecule is CCOc1ccc(-n2c(SCc3ccc(C(C)(C)C)cc3)nc3cccc(Cl)c32)cc1. The predicted molar refractivity (Wildman–Crippen MR) is 132 cm³/mol. The second-order valence-corrected chi connectivity index (χ2v) is 9.85. The minimum Gasteiger partial charge on any atom is -0.494 e. The van der Waals surface area contributed by atoms with Crippen molar-refractivity contribution in [2.24, 2.45) is 0 Å². The van der Waals surface area contributed by atoms with Gasteiger partial charge in [-0.15, -0.1) is 0 Å². The summed E-state index contributed by atoms with van der Waals surface area (Å²) >= 11 is 8.31. The van der Waals surface area contributed by atoms with Gasteiger partial charge >= 0.3 is 0 Å². The molecule has 0 radical (unpaired) electrons. The average Bonchev–Trinajstić information content (AvgIpc) is 3.12. The van der Waals surface area contributed by atoms with Crippen LogP contribution in [0.1, 0.15) is 38.8 Å². The molecule has 0 amide bonds. The Morgan fingerprint density at radius 3 is 2.32 bits per heavy atom. The van der Waals surface area contributed by atoms with Crippen molar-refractivity contribution in [3.05, 3.63) is 82.9 Å². The van der Waals surface area contributed by atoms with E-state index in [1.165, 1.54) is 11.1 Å². The van der Waals surface area contributed by atoms with E-state index in [-0.39, 0.29) is 5.41 Å². The van der Waals surface area contributed by atoms with Crippen LogP contribution in [0, 0.1) is 0 Å². The third kappa shape index (κ3) is 4.76. The number of fused-ring (bicyclic) bond motifs is 1. The first-order valence-corrected chi connectivity index (χ1v) is 11.9. The fourth-order valence-electron chi connectivity index (χ4n) is 3.51. The molecule has 0 spiro atoms. The van der Waals surface area contributed by atoms with Gasteiger partial charge < -0.3 is 4.74 Å². The smallest absolute Gasteiger partial charge is 0.174 e. The Kier molecular flexibility index (Phi) is 6.31. The van der Waals surface area contributed by atoms with Crippen LogP contribution in [0.2, 0.25) is 5.02 Å². The van der Waals surface area contributed by atoms with E-state index in [2.05, 4.69) is 61.7 Å². The summed E-state index contributed by atoms with van der Waals surface area (Å²) in [5, 5.41) is 1.62. The molecule has 3 aromatic carbocycles. The monoisotopic (exact) mass is 450 g/mol. The lowest BCUT2D eigenvalue weighted by atomic mass is 9.87. The number of halogens is 1. The zero-order valence-corrected chi connectivity index (χ0v) is 19.9. The topological polar surface area (TPSA) is 27.1 Å². The number of para-hydroxylation sites is 1. The van der Waals surface area contributed by atoms with Crippen molar-refractivity contribution in [1.82, 2.24) is 9.55 Å². The molecular weight excluding hydrogens is 424 g/mol. The van der Waals surface area contributed by atoms with Gasteiger partial charge in [-0.3, -0.25) is 4.57 Å². The van der Waals surface area contributed by atoms with Crippen LogP contribution in [0.3, 0.4) is 0 Å². The summed E-state index contributed by atoms with van der Waals surface area (Å²) in [5.41, 5.74) is 5.61. The number of benzene rings is 3. The lowest BCUT2D eigenvalue weighted by molar-refractivity contribution is 0.340. The van der Waals surface area contributed by atoms with Crippen molar-refractivity contribution < 1.29 is 4.74 Å². The Hall–Kier alpha value is -2.43. The van der Waals surface area contributed by atoms with Crippen LogP contribution in [-0.4, -0.2) is 16.2 Å². The molecule has 0 saturated heterocycles. The van der Waals surface area contributed by atoms with Crippen molar-refractivity contribution >= 4 is 34.4 Å². The molecule has 3 nitrogen and oxygen atoms in total. The highest BCUT2D eigenvalue weighted by molar-refractivity contribution is 7.98. The zero-order chi connectivity index (χ0) is 22.0. The summed E-state index contributed by atoms with van der Waals surface area (Å²) in [6.45, 7) is 9.34. The maximum absolute atomic E-state index is 6.59. The van der Waals surface area contributed by atoms with Crippen LogP contribution < -0.4 is 4.74 Å². The molecule has 0 aliphatic carbocycles. The molecule has 0 bridgehead atoms. The summed E-state index contributed by atoms with van der Waals surface area (Å²) in [4.78, 5) is 4.89. The lowest BCUT2D eigenvalue weighted by Crippen LogP contribution is -2.10. The third-order valence-corrected chi connectivity index (χ3v) is 6.51. The van der Waals surface area contributed by atoms with E-state index < -0.39 is 0 Å². The van der Waals surface area contributed by atoms with Gasteiger partial charge in [-0.05, 0) is 59.9 Å². The molecule has 4 aromatic rings. The molecule has 0 unspecified atom stereocenters. The van der Waals surface area contributed by atoms with Crippen molar-refractivity contribution in [2.75, 3.05) is 6.61 Å². The van der Waals surface area contributed by atoms with E-state index in [1.807, 2.05) is 37.3 Å². The predicted octanol–water partition coefficient (Wildman–Crippen LogP) is 7.67. The van der Waals surface area contributed by atoms with Gasteiger partial charge in [0.25, 0.3) is 0 Å². The number of hydrogen-bond acceptors (Lipinski definition) is 3. The van der Waals surface area contributed by atoms with Gasteiger partial charge in [-0.25, -0.2) is 4.98 Å². The maximum Gasteiger partial charge on any atom is 0.174 e. The van der Waals surface area contributed by atoms with Crippen LogP contribution in [-0.2, 0) is 11.2 Å². The first-order valence-electron chi connectivity index (χ1n) is 10.5. The number of nitrogens with zero attached hydrogens (tertiary/aromatic N) is 2. The molecule has 0 saturated carbocycles. The van der Waals surface area contributed by atoms with E-state index in [1.54, 1.807) is 11.8 Å². The minimum absolute atomic E-state index is 0.157. The highest BCUT2D eigenvalue weighted by atomic mass is 35.5. The van der Waals surface area contributed by atoms with Crippen molar-refractivity contribution in [3.63, 3.8) is 0 Å². The van der Waals surface area contributed by atoms with Crippen molar-refractivity contribution in [2.45, 2.75) is 44.0 Å². The fourth-order valence-corrected chi connectivity index (χ4v) is 4.74. The second-order valence-electron chi connectivity index (χ2n) is 8.50. The molecule has 31 heavy (non-hydrogen) atoms. The first-order chi connectivity index (χ1) is 14.9. The number of hydrogen-bond donors (Lipinski definition) is 0. The van der Waals surface area contributed by atoms with Crippen LogP contribution >= 0.6 is 23.4 Å². The van der Waals surface area contributed by atoms with E-state index in [0.717, 1.165) is 33.4 Å². The van der Waals surface area contributed by atoms with Crippen LogP contribution in [0.25, 0.3) is 16.7 Å². The van der Waals surface area contributed by atoms with Gasteiger partial charge in [-0.2, -0.15) is 0 Å². The summed E-state index contributed by atoms with van der Waals surface area (Å²) in [6, 6.07) is 22.8. The van der Waals surface area contributed by atoms with Crippen LogP contribution in [0.4, 0.5) is 0 Å². The third-order valence-electron chi connectivity index (χ3n) is 5.19. The van der Waals surface area contributed by atoms with Crippen LogP contribution in [0.15, 0.2) is 71.9 Å². The summed E-state index contributed by atoms with van der Waals surface area (Å²) < 4.78 is 7.74. The molecule has 4 rings (SSSR count). The zero-order valence-electron chi connectivity index (χ0n) is 18.4. The Labute approximate surface area is 193 Å². The van der Waals surface area contributed by atoms with Gasteiger partial charge in [0, 0.05) is 11.4 Å². The Morgan fingerprint density at radius 2 is 1.68 bits per heavy atom. The molecule has 0 aliphatic heterocycles. The standard InChI is InChI=1S/C26H27ClN2OS/c1-5-30-21-15-13-20(14-16-21)29-24-22(27)7-6-8-23(24)28-25(29)31-17-18-9-11-19(12-10-18)26(2,3)4/h6-16H,5,17H2,1-4H3. The van der Waals surface area contributed by atoms with E-state index in [0.29, 0.717) is 11.6 Å². The van der Waals surface area contributed by atoms with Crippen LogP contribution in [0.5, 0.6) is 5.75 Å². The highest BCUT2D eigenvalue weighted by Gasteiger charge is 2.17. The number of ether oxygens (including phenoxy) is 1. The summed E-state index contributed by atoms with van der Waals surface area (Å²) in [7, 11) is 0. The van der Waals surface area contributed by atoms with Crippen molar-refractivity contribution in [3.8, 4) is 11.4 Å². The van der Waals surface area contributed by atoms with Gasteiger partial charge in [0.05, 0.1) is 22.7 Å². The molecule has 5 heteroatoms. The first kappa shape index (κ1) is 21.8.